The van der Waals surface area contributed by atoms with Crippen LogP contribution in [0.2, 0.25) is 0 Å². The monoisotopic (exact) mass is 421 g/mol. The Kier molecular flexibility index (Phi) is 6.48. The number of nitrogens with zero attached hydrogens (tertiary/aromatic N) is 4. The van der Waals surface area contributed by atoms with Gasteiger partial charge in [-0.15, -0.1) is 0 Å². The fraction of sp³-hybridized carbons (Fsp3) is 0.476. The van der Waals surface area contributed by atoms with Crippen LogP contribution < -0.4 is 15.1 Å². The minimum atomic E-state index is -4.40. The molecule has 1 aliphatic carbocycles. The highest BCUT2D eigenvalue weighted by Gasteiger charge is 2.31. The summed E-state index contributed by atoms with van der Waals surface area (Å²) in [6, 6.07) is 3.53. The first kappa shape index (κ1) is 21.9. The summed E-state index contributed by atoms with van der Waals surface area (Å²) < 4.78 is 38.7. The van der Waals surface area contributed by atoms with Crippen LogP contribution in [0.25, 0.3) is 0 Å². The zero-order valence-corrected chi connectivity index (χ0v) is 17.3. The zero-order valence-electron chi connectivity index (χ0n) is 17.3. The third-order valence-electron chi connectivity index (χ3n) is 5.36. The Labute approximate surface area is 174 Å². The van der Waals surface area contributed by atoms with Gasteiger partial charge in [0.25, 0.3) is 0 Å². The number of hydrogen-bond donors (Lipinski definition) is 1. The lowest BCUT2D eigenvalue weighted by Crippen LogP contribution is -2.37. The third-order valence-corrected chi connectivity index (χ3v) is 5.36. The van der Waals surface area contributed by atoms with Gasteiger partial charge >= 0.3 is 6.18 Å². The molecule has 1 fully saturated rings. The van der Waals surface area contributed by atoms with Crippen molar-refractivity contribution in [2.45, 2.75) is 51.2 Å². The number of aryl methyl sites for hydroxylation is 1. The van der Waals surface area contributed by atoms with Crippen molar-refractivity contribution in [3.8, 4) is 0 Å². The van der Waals surface area contributed by atoms with Crippen molar-refractivity contribution in [2.24, 2.45) is 0 Å². The van der Waals surface area contributed by atoms with E-state index in [9.17, 15) is 18.0 Å². The van der Waals surface area contributed by atoms with Gasteiger partial charge in [-0.3, -0.25) is 9.69 Å². The predicted molar refractivity (Wildman–Crippen MR) is 111 cm³/mol. The molecule has 0 atom stereocenters. The number of aromatic nitrogens is 2. The number of halogens is 3. The van der Waals surface area contributed by atoms with Gasteiger partial charge < -0.3 is 10.2 Å². The molecule has 0 aliphatic heterocycles. The summed E-state index contributed by atoms with van der Waals surface area (Å²) in [5.41, 5.74) is 0.884. The Morgan fingerprint density at radius 2 is 1.87 bits per heavy atom. The minimum Gasteiger partial charge on any atom is -0.373 e. The van der Waals surface area contributed by atoms with Crippen LogP contribution in [0.4, 0.5) is 36.3 Å². The van der Waals surface area contributed by atoms with Crippen LogP contribution in [-0.4, -0.2) is 36.5 Å². The molecule has 0 unspecified atom stereocenters. The first-order chi connectivity index (χ1) is 14.2. The van der Waals surface area contributed by atoms with Gasteiger partial charge in [0.15, 0.2) is 5.82 Å². The second kappa shape index (κ2) is 8.89. The molecule has 1 heterocycles. The molecule has 9 heteroatoms. The van der Waals surface area contributed by atoms with Crippen molar-refractivity contribution >= 4 is 29.6 Å². The number of anilines is 4. The first-order valence-electron chi connectivity index (χ1n) is 9.93. The molecule has 0 spiro atoms. The molecular weight excluding hydrogens is 395 g/mol. The van der Waals surface area contributed by atoms with Crippen LogP contribution in [-0.2, 0) is 11.0 Å². The summed E-state index contributed by atoms with van der Waals surface area (Å²) in [5, 5.41) is 2.99. The van der Waals surface area contributed by atoms with Crippen molar-refractivity contribution < 1.29 is 18.0 Å². The zero-order chi connectivity index (χ0) is 21.9. The predicted octanol–water partition coefficient (Wildman–Crippen LogP) is 4.91. The Balaban J connectivity index is 1.93. The van der Waals surface area contributed by atoms with E-state index < -0.39 is 11.7 Å². The number of carbonyl (C=O) groups excluding carboxylic acids is 1. The molecule has 2 aromatic rings. The van der Waals surface area contributed by atoms with E-state index >= 15 is 0 Å². The molecule has 1 N–H and O–H groups in total. The molecule has 1 aromatic heterocycles. The van der Waals surface area contributed by atoms with E-state index in [1.54, 1.807) is 18.0 Å². The lowest BCUT2D eigenvalue weighted by molar-refractivity contribution is -0.137. The number of carbonyl (C=O) groups is 1. The number of alkyl halides is 3. The molecule has 3 rings (SSSR count). The normalized spacial score (nSPS) is 15.0. The third kappa shape index (κ3) is 4.83. The Hall–Kier alpha value is -2.84. The van der Waals surface area contributed by atoms with Gasteiger partial charge in [-0.05, 0) is 43.5 Å². The summed E-state index contributed by atoms with van der Waals surface area (Å²) in [5.74, 6) is 0.713. The van der Waals surface area contributed by atoms with Gasteiger partial charge in [0.2, 0.25) is 12.4 Å². The maximum atomic E-state index is 12.9. The fourth-order valence-corrected chi connectivity index (χ4v) is 3.70. The fourth-order valence-electron chi connectivity index (χ4n) is 3.70. The maximum Gasteiger partial charge on any atom is 0.416 e. The average Bonchev–Trinajstić information content (AvgIpc) is 2.70. The van der Waals surface area contributed by atoms with Gasteiger partial charge in [-0.1, -0.05) is 19.3 Å². The van der Waals surface area contributed by atoms with Crippen LogP contribution >= 0.6 is 0 Å². The Morgan fingerprint density at radius 3 is 2.43 bits per heavy atom. The van der Waals surface area contributed by atoms with Crippen molar-refractivity contribution in [1.82, 2.24) is 9.97 Å². The van der Waals surface area contributed by atoms with Crippen LogP contribution in [0.1, 0.15) is 43.2 Å². The minimum absolute atomic E-state index is 0.0745. The molecule has 0 saturated heterocycles. The lowest BCUT2D eigenvalue weighted by atomic mass is 9.94. The highest BCUT2D eigenvalue weighted by molar-refractivity contribution is 5.82. The molecule has 0 radical (unpaired) electrons. The first-order valence-corrected chi connectivity index (χ1v) is 9.93. The van der Waals surface area contributed by atoms with Gasteiger partial charge in [0, 0.05) is 25.8 Å². The topological polar surface area (TPSA) is 61.4 Å². The van der Waals surface area contributed by atoms with E-state index in [0.717, 1.165) is 50.6 Å². The molecule has 1 saturated carbocycles. The molecule has 6 nitrogen and oxygen atoms in total. The number of rotatable bonds is 6. The second-order valence-corrected chi connectivity index (χ2v) is 7.75. The van der Waals surface area contributed by atoms with E-state index in [1.807, 2.05) is 19.0 Å². The smallest absolute Gasteiger partial charge is 0.373 e. The standard InChI is InChI=1S/C21H26F3N5O/c1-14-11-15(21(22,23)24)9-10-17(14)26-20-25-12-18(28(2)3)19(27-20)29(13-30)16-7-5-4-6-8-16/h9-13,16H,4-8H2,1-3H3,(H,25,26,27). The second-order valence-electron chi connectivity index (χ2n) is 7.75. The summed E-state index contributed by atoms with van der Waals surface area (Å²) >= 11 is 0. The van der Waals surface area contributed by atoms with Crippen molar-refractivity contribution in [3.05, 3.63) is 35.5 Å². The van der Waals surface area contributed by atoms with Crippen LogP contribution in [0.5, 0.6) is 0 Å². The quantitative estimate of drug-likeness (QED) is 0.672. The number of hydrogen-bond acceptors (Lipinski definition) is 5. The van der Waals surface area contributed by atoms with Gasteiger partial charge in [0.1, 0.15) is 0 Å². The number of amides is 1. The van der Waals surface area contributed by atoms with Crippen molar-refractivity contribution in [1.29, 1.82) is 0 Å². The molecule has 1 aliphatic rings. The van der Waals surface area contributed by atoms with Gasteiger partial charge in [-0.2, -0.15) is 18.2 Å². The van der Waals surface area contributed by atoms with E-state index in [2.05, 4.69) is 15.3 Å². The summed E-state index contributed by atoms with van der Waals surface area (Å²) in [6.45, 7) is 1.59. The number of nitrogens with one attached hydrogen (secondary N) is 1. The van der Waals surface area contributed by atoms with E-state index in [4.69, 9.17) is 0 Å². The average molecular weight is 421 g/mol. The number of benzene rings is 1. The molecule has 1 amide bonds. The van der Waals surface area contributed by atoms with Crippen LogP contribution in [0.3, 0.4) is 0 Å². The highest BCUT2D eigenvalue weighted by Crippen LogP contribution is 2.34. The highest BCUT2D eigenvalue weighted by atomic mass is 19.4. The molecule has 1 aromatic carbocycles. The Bertz CT molecular complexity index is 895. The molecule has 162 valence electrons. The van der Waals surface area contributed by atoms with Gasteiger partial charge in [0.05, 0.1) is 17.4 Å². The SMILES string of the molecule is Cc1cc(C(F)(F)F)ccc1Nc1ncc(N(C)C)c(N(C=O)C2CCCCC2)n1. The van der Waals surface area contributed by atoms with E-state index in [0.29, 0.717) is 22.8 Å². The summed E-state index contributed by atoms with van der Waals surface area (Å²) in [4.78, 5) is 24.3. The molecular formula is C21H26F3N5O. The largest absolute Gasteiger partial charge is 0.416 e. The lowest BCUT2D eigenvalue weighted by Gasteiger charge is -2.32. The Morgan fingerprint density at radius 1 is 1.17 bits per heavy atom. The van der Waals surface area contributed by atoms with Crippen molar-refractivity contribution in [2.75, 3.05) is 29.2 Å². The van der Waals surface area contributed by atoms with Crippen molar-refractivity contribution in [3.63, 3.8) is 0 Å². The van der Waals surface area contributed by atoms with E-state index in [-0.39, 0.29) is 12.0 Å². The van der Waals surface area contributed by atoms with Gasteiger partial charge in [-0.25, -0.2) is 4.98 Å². The summed E-state index contributed by atoms with van der Waals surface area (Å²) in [6.07, 6.45) is 3.13. The molecule has 30 heavy (non-hydrogen) atoms. The maximum absolute atomic E-state index is 12.9. The van der Waals surface area contributed by atoms with Crippen LogP contribution in [0, 0.1) is 6.92 Å². The van der Waals surface area contributed by atoms with Crippen LogP contribution in [0.15, 0.2) is 24.4 Å². The summed E-state index contributed by atoms with van der Waals surface area (Å²) in [7, 11) is 3.69. The molecule has 0 bridgehead atoms. The van der Waals surface area contributed by atoms with E-state index in [1.165, 1.54) is 6.07 Å².